The molecular formula is C22H20N2O3S. The lowest BCUT2D eigenvalue weighted by molar-refractivity contribution is -0.138. The van der Waals surface area contributed by atoms with Gasteiger partial charge in [0.2, 0.25) is 5.91 Å². The Bertz CT molecular complexity index is 946. The number of anilines is 1. The van der Waals surface area contributed by atoms with Gasteiger partial charge in [0.1, 0.15) is 11.1 Å². The van der Waals surface area contributed by atoms with Gasteiger partial charge in [-0.15, -0.1) is 0 Å². The lowest BCUT2D eigenvalue weighted by atomic mass is 10.1. The van der Waals surface area contributed by atoms with Gasteiger partial charge in [0.05, 0.1) is 11.9 Å². The lowest BCUT2D eigenvalue weighted by Gasteiger charge is -2.18. The number of amides is 1. The van der Waals surface area contributed by atoms with Crippen LogP contribution in [0.4, 0.5) is 5.69 Å². The van der Waals surface area contributed by atoms with Crippen LogP contribution in [0.5, 0.6) is 0 Å². The normalized spacial score (nSPS) is 18.0. The Hall–Kier alpha value is -3.04. The van der Waals surface area contributed by atoms with Gasteiger partial charge in [0, 0.05) is 5.69 Å². The third-order valence-corrected chi connectivity index (χ3v) is 5.58. The second-order valence-corrected chi connectivity index (χ2v) is 7.51. The Balaban J connectivity index is 2.03. The molecule has 0 bridgehead atoms. The van der Waals surface area contributed by atoms with Crippen molar-refractivity contribution in [1.29, 1.82) is 5.26 Å². The van der Waals surface area contributed by atoms with Gasteiger partial charge in [0.15, 0.2) is 5.57 Å². The minimum absolute atomic E-state index is 0.142. The highest BCUT2D eigenvalue weighted by molar-refractivity contribution is 8.05. The Morgan fingerprint density at radius 3 is 2.46 bits per heavy atom. The van der Waals surface area contributed by atoms with Gasteiger partial charge in [-0.2, -0.15) is 5.26 Å². The Kier molecular flexibility index (Phi) is 6.17. The highest BCUT2D eigenvalue weighted by Gasteiger charge is 2.41. The average Bonchev–Trinajstić information content (AvgIpc) is 3.00. The third kappa shape index (κ3) is 4.10. The number of hydrogen-bond acceptors (Lipinski definition) is 5. The van der Waals surface area contributed by atoms with Crippen LogP contribution in [0.2, 0.25) is 0 Å². The molecule has 0 N–H and O–H groups in total. The predicted octanol–water partition coefficient (Wildman–Crippen LogP) is 3.98. The molecule has 0 unspecified atom stereocenters. The van der Waals surface area contributed by atoms with Gasteiger partial charge >= 0.3 is 5.97 Å². The van der Waals surface area contributed by atoms with E-state index in [4.69, 9.17) is 4.74 Å². The first kappa shape index (κ1) is 19.7. The summed E-state index contributed by atoms with van der Waals surface area (Å²) in [6.45, 7) is 3.80. The second kappa shape index (κ2) is 8.77. The number of ether oxygens (including phenoxy) is 1. The zero-order valence-electron chi connectivity index (χ0n) is 15.7. The molecule has 0 aromatic heterocycles. The highest BCUT2D eigenvalue weighted by Crippen LogP contribution is 2.42. The fraction of sp³-hybridized carbons (Fsp3) is 0.227. The number of carbonyl (C=O) groups excluding carboxylic acids is 2. The van der Waals surface area contributed by atoms with Crippen molar-refractivity contribution in [3.63, 3.8) is 0 Å². The van der Waals surface area contributed by atoms with Crippen molar-refractivity contribution in [3.05, 3.63) is 76.3 Å². The first-order valence-electron chi connectivity index (χ1n) is 8.97. The Morgan fingerprint density at radius 1 is 1.18 bits per heavy atom. The van der Waals surface area contributed by atoms with E-state index in [1.54, 1.807) is 6.92 Å². The second-order valence-electron chi connectivity index (χ2n) is 6.32. The quantitative estimate of drug-likeness (QED) is 0.437. The summed E-state index contributed by atoms with van der Waals surface area (Å²) >= 11 is 1.24. The van der Waals surface area contributed by atoms with Crippen molar-refractivity contribution in [1.82, 2.24) is 0 Å². The van der Waals surface area contributed by atoms with Gasteiger partial charge < -0.3 is 4.74 Å². The molecule has 1 aliphatic heterocycles. The van der Waals surface area contributed by atoms with Crippen LogP contribution in [-0.4, -0.2) is 23.7 Å². The van der Waals surface area contributed by atoms with Crippen molar-refractivity contribution in [2.75, 3.05) is 11.5 Å². The predicted molar refractivity (Wildman–Crippen MR) is 109 cm³/mol. The summed E-state index contributed by atoms with van der Waals surface area (Å²) in [5, 5.41) is 9.50. The van der Waals surface area contributed by atoms with Crippen LogP contribution in [0.15, 0.2) is 65.2 Å². The SMILES string of the molecule is CCOC(=O)/C(C#N)=C1\S[C@H](Cc2ccccc2)C(=O)N1c1ccc(C)cc1. The van der Waals surface area contributed by atoms with E-state index in [0.717, 1.165) is 11.1 Å². The molecule has 1 saturated heterocycles. The molecule has 1 atom stereocenters. The summed E-state index contributed by atoms with van der Waals surface area (Å²) in [7, 11) is 0. The monoisotopic (exact) mass is 392 g/mol. The fourth-order valence-electron chi connectivity index (χ4n) is 2.93. The van der Waals surface area contributed by atoms with Gasteiger partial charge in [-0.05, 0) is 38.0 Å². The molecule has 142 valence electrons. The summed E-state index contributed by atoms with van der Waals surface area (Å²) in [6.07, 6.45) is 0.512. The number of nitriles is 1. The highest BCUT2D eigenvalue weighted by atomic mass is 32.2. The van der Waals surface area contributed by atoms with Gasteiger partial charge in [-0.3, -0.25) is 9.69 Å². The van der Waals surface area contributed by atoms with Crippen LogP contribution in [0, 0.1) is 18.3 Å². The molecule has 1 amide bonds. The van der Waals surface area contributed by atoms with E-state index in [-0.39, 0.29) is 18.1 Å². The van der Waals surface area contributed by atoms with E-state index in [1.807, 2.05) is 67.6 Å². The van der Waals surface area contributed by atoms with E-state index in [0.29, 0.717) is 17.1 Å². The van der Waals surface area contributed by atoms with Crippen LogP contribution < -0.4 is 4.90 Å². The average molecular weight is 392 g/mol. The number of hydrogen-bond donors (Lipinski definition) is 0. The molecular weight excluding hydrogens is 372 g/mol. The van der Waals surface area contributed by atoms with Crippen molar-refractivity contribution < 1.29 is 14.3 Å². The van der Waals surface area contributed by atoms with E-state index in [9.17, 15) is 14.9 Å². The molecule has 6 heteroatoms. The molecule has 0 radical (unpaired) electrons. The minimum atomic E-state index is -0.710. The van der Waals surface area contributed by atoms with Crippen LogP contribution in [0.3, 0.4) is 0 Å². The van der Waals surface area contributed by atoms with Gasteiger partial charge in [-0.25, -0.2) is 4.79 Å². The molecule has 5 nitrogen and oxygen atoms in total. The van der Waals surface area contributed by atoms with Crippen LogP contribution in [0.1, 0.15) is 18.1 Å². The fourth-order valence-corrected chi connectivity index (χ4v) is 4.23. The van der Waals surface area contributed by atoms with E-state index in [2.05, 4.69) is 0 Å². The lowest BCUT2D eigenvalue weighted by Crippen LogP contribution is -2.30. The first-order valence-corrected chi connectivity index (χ1v) is 9.85. The first-order chi connectivity index (χ1) is 13.5. The summed E-state index contributed by atoms with van der Waals surface area (Å²) in [6, 6.07) is 19.1. The number of aryl methyl sites for hydroxylation is 1. The van der Waals surface area contributed by atoms with Crippen molar-refractivity contribution in [2.24, 2.45) is 0 Å². The van der Waals surface area contributed by atoms with Crippen molar-refractivity contribution in [3.8, 4) is 6.07 Å². The molecule has 2 aromatic carbocycles. The molecule has 0 spiro atoms. The largest absolute Gasteiger partial charge is 0.462 e. The number of esters is 1. The van der Waals surface area contributed by atoms with E-state index < -0.39 is 11.2 Å². The zero-order chi connectivity index (χ0) is 20.1. The van der Waals surface area contributed by atoms with Crippen LogP contribution in [0.25, 0.3) is 0 Å². The standard InChI is InChI=1S/C22H20N2O3S/c1-3-27-22(26)18(14-23)21-24(17-11-9-15(2)10-12-17)20(25)19(28-21)13-16-7-5-4-6-8-16/h4-12,19H,3,13H2,1-2H3/b21-18-/t19-/m1/s1. The van der Waals surface area contributed by atoms with Crippen LogP contribution >= 0.6 is 11.8 Å². The van der Waals surface area contributed by atoms with Crippen molar-refractivity contribution in [2.45, 2.75) is 25.5 Å². The summed E-state index contributed by atoms with van der Waals surface area (Å²) < 4.78 is 5.03. The van der Waals surface area contributed by atoms with Crippen LogP contribution in [-0.2, 0) is 20.7 Å². The third-order valence-electron chi connectivity index (χ3n) is 4.31. The number of benzene rings is 2. The zero-order valence-corrected chi connectivity index (χ0v) is 16.5. The maximum atomic E-state index is 13.2. The number of carbonyl (C=O) groups is 2. The summed E-state index contributed by atoms with van der Waals surface area (Å²) in [4.78, 5) is 27.0. The molecule has 1 heterocycles. The molecule has 28 heavy (non-hydrogen) atoms. The topological polar surface area (TPSA) is 70.4 Å². The molecule has 2 aromatic rings. The number of nitrogens with zero attached hydrogens (tertiary/aromatic N) is 2. The smallest absolute Gasteiger partial charge is 0.351 e. The van der Waals surface area contributed by atoms with Gasteiger partial charge in [0.25, 0.3) is 0 Å². The van der Waals surface area contributed by atoms with E-state index in [1.165, 1.54) is 16.7 Å². The summed E-state index contributed by atoms with van der Waals surface area (Å²) in [5.41, 5.74) is 2.57. The maximum Gasteiger partial charge on any atom is 0.351 e. The Labute approximate surface area is 168 Å². The summed E-state index contributed by atoms with van der Waals surface area (Å²) in [5.74, 6) is -0.859. The Morgan fingerprint density at radius 2 is 1.86 bits per heavy atom. The molecule has 0 aliphatic carbocycles. The molecule has 1 fully saturated rings. The molecule has 0 saturated carbocycles. The minimum Gasteiger partial charge on any atom is -0.462 e. The molecule has 1 aliphatic rings. The maximum absolute atomic E-state index is 13.2. The molecule has 3 rings (SSSR count). The van der Waals surface area contributed by atoms with E-state index >= 15 is 0 Å². The number of rotatable bonds is 5. The van der Waals surface area contributed by atoms with Crippen molar-refractivity contribution >= 4 is 29.3 Å². The number of thioether (sulfide) groups is 1. The van der Waals surface area contributed by atoms with Gasteiger partial charge in [-0.1, -0.05) is 59.8 Å².